The van der Waals surface area contributed by atoms with Gasteiger partial charge >= 0.3 is 12.1 Å². The van der Waals surface area contributed by atoms with Crippen molar-refractivity contribution >= 4 is 12.1 Å². The number of hydrogen-bond donors (Lipinski definition) is 2. The highest BCUT2D eigenvalue weighted by atomic mass is 16.6. The molecule has 0 aromatic heterocycles. The minimum atomic E-state index is -0.803. The highest BCUT2D eigenvalue weighted by molar-refractivity contribution is 5.81. The van der Waals surface area contributed by atoms with Crippen molar-refractivity contribution in [2.45, 2.75) is 45.3 Å². The van der Waals surface area contributed by atoms with Gasteiger partial charge in [0.2, 0.25) is 0 Å². The van der Waals surface area contributed by atoms with E-state index < -0.39 is 18.1 Å². The molecule has 0 heterocycles. The maximum absolute atomic E-state index is 12.0. The number of hydrogen-bond acceptors (Lipinski definition) is 5. The summed E-state index contributed by atoms with van der Waals surface area (Å²) in [5.41, 5.74) is 0.861. The van der Waals surface area contributed by atoms with Gasteiger partial charge in [0.25, 0.3) is 0 Å². The third-order valence-corrected chi connectivity index (χ3v) is 3.18. The van der Waals surface area contributed by atoms with E-state index in [-0.39, 0.29) is 13.2 Å². The standard InChI is InChI=1S/C17H25NO5/c1-2-3-12-22-16(20)15(10-7-11-19)18-17(21)23-13-14-8-5-4-6-9-14/h4-6,8-9,15,19H,2-3,7,10-13H2,1H3,(H,18,21)/t15-/m0/s1. The van der Waals surface area contributed by atoms with Crippen LogP contribution < -0.4 is 5.32 Å². The number of esters is 1. The molecule has 2 N–H and O–H groups in total. The number of unbranched alkanes of at least 4 members (excludes halogenated alkanes) is 1. The lowest BCUT2D eigenvalue weighted by Gasteiger charge is -2.17. The third kappa shape index (κ3) is 8.21. The highest BCUT2D eigenvalue weighted by Gasteiger charge is 2.22. The molecule has 6 heteroatoms. The minimum Gasteiger partial charge on any atom is -0.464 e. The lowest BCUT2D eigenvalue weighted by molar-refractivity contribution is -0.146. The highest BCUT2D eigenvalue weighted by Crippen LogP contribution is 2.04. The fourth-order valence-electron chi connectivity index (χ4n) is 1.87. The summed E-state index contributed by atoms with van der Waals surface area (Å²) in [7, 11) is 0. The Hall–Kier alpha value is -2.08. The Labute approximate surface area is 136 Å². The second-order valence-electron chi connectivity index (χ2n) is 5.15. The van der Waals surface area contributed by atoms with Crippen LogP contribution >= 0.6 is 0 Å². The molecule has 1 amide bonds. The zero-order valence-electron chi connectivity index (χ0n) is 13.5. The summed E-state index contributed by atoms with van der Waals surface area (Å²) in [4.78, 5) is 23.8. The first-order valence-corrected chi connectivity index (χ1v) is 7.92. The molecule has 6 nitrogen and oxygen atoms in total. The molecular weight excluding hydrogens is 298 g/mol. The quantitative estimate of drug-likeness (QED) is 0.510. The number of rotatable bonds is 10. The zero-order chi connectivity index (χ0) is 16.9. The molecule has 0 saturated carbocycles. The Morgan fingerprint density at radius 3 is 2.57 bits per heavy atom. The van der Waals surface area contributed by atoms with Gasteiger partial charge in [0, 0.05) is 6.61 Å². The average molecular weight is 323 g/mol. The number of carbonyl (C=O) groups is 2. The third-order valence-electron chi connectivity index (χ3n) is 3.18. The first-order valence-electron chi connectivity index (χ1n) is 7.92. The number of benzene rings is 1. The Kier molecular flexibility index (Phi) is 9.47. The molecule has 0 bridgehead atoms. The van der Waals surface area contributed by atoms with Crippen LogP contribution in [0.15, 0.2) is 30.3 Å². The predicted molar refractivity (Wildman–Crippen MR) is 85.7 cm³/mol. The van der Waals surface area contributed by atoms with Crippen LogP contribution in [0.25, 0.3) is 0 Å². The van der Waals surface area contributed by atoms with Gasteiger partial charge < -0.3 is 19.9 Å². The van der Waals surface area contributed by atoms with Gasteiger partial charge in [-0.3, -0.25) is 0 Å². The molecule has 1 aromatic rings. The van der Waals surface area contributed by atoms with Crippen LogP contribution in [0.2, 0.25) is 0 Å². The summed E-state index contributed by atoms with van der Waals surface area (Å²) in [6.45, 7) is 2.39. The molecular formula is C17H25NO5. The molecule has 0 aliphatic heterocycles. The second kappa shape index (κ2) is 11.5. The summed E-state index contributed by atoms with van der Waals surface area (Å²) in [6.07, 6.45) is 1.72. The van der Waals surface area contributed by atoms with Crippen LogP contribution in [0, 0.1) is 0 Å². The fourth-order valence-corrected chi connectivity index (χ4v) is 1.87. The van der Waals surface area contributed by atoms with Gasteiger partial charge in [-0.05, 0) is 24.8 Å². The molecule has 0 fully saturated rings. The molecule has 0 unspecified atom stereocenters. The molecule has 0 spiro atoms. The Balaban J connectivity index is 2.44. The van der Waals surface area contributed by atoms with Gasteiger partial charge in [0.05, 0.1) is 6.61 Å². The summed E-state index contributed by atoms with van der Waals surface area (Å²) >= 11 is 0. The average Bonchev–Trinajstić information content (AvgIpc) is 2.57. The summed E-state index contributed by atoms with van der Waals surface area (Å²) in [5.74, 6) is -0.497. The Bertz CT molecular complexity index is 463. The van der Waals surface area contributed by atoms with Gasteiger partial charge in [0.15, 0.2) is 0 Å². The normalized spacial score (nSPS) is 11.6. The van der Waals surface area contributed by atoms with Crippen LogP contribution in [0.5, 0.6) is 0 Å². The van der Waals surface area contributed by atoms with E-state index in [1.54, 1.807) is 0 Å². The van der Waals surface area contributed by atoms with E-state index in [1.165, 1.54) is 0 Å². The lowest BCUT2D eigenvalue weighted by atomic mass is 10.1. The van der Waals surface area contributed by atoms with Crippen LogP contribution in [-0.2, 0) is 20.9 Å². The van der Waals surface area contributed by atoms with Crippen molar-refractivity contribution < 1.29 is 24.2 Å². The van der Waals surface area contributed by atoms with Crippen molar-refractivity contribution in [1.82, 2.24) is 5.32 Å². The van der Waals surface area contributed by atoms with Crippen molar-refractivity contribution in [3.05, 3.63) is 35.9 Å². The summed E-state index contributed by atoms with van der Waals surface area (Å²) < 4.78 is 10.2. The van der Waals surface area contributed by atoms with Crippen molar-refractivity contribution in [3.8, 4) is 0 Å². The molecule has 0 aliphatic rings. The largest absolute Gasteiger partial charge is 0.464 e. The van der Waals surface area contributed by atoms with Gasteiger partial charge in [0.1, 0.15) is 12.6 Å². The fraction of sp³-hybridized carbons (Fsp3) is 0.529. The van der Waals surface area contributed by atoms with Crippen LogP contribution in [-0.4, -0.2) is 36.4 Å². The summed E-state index contributed by atoms with van der Waals surface area (Å²) in [6, 6.07) is 8.46. The number of amides is 1. The van der Waals surface area contributed by atoms with Crippen molar-refractivity contribution in [2.24, 2.45) is 0 Å². The van der Waals surface area contributed by atoms with Crippen LogP contribution in [0.3, 0.4) is 0 Å². The topological polar surface area (TPSA) is 84.9 Å². The van der Waals surface area contributed by atoms with E-state index in [0.717, 1.165) is 18.4 Å². The number of aliphatic hydroxyl groups excluding tert-OH is 1. The Morgan fingerprint density at radius 2 is 1.91 bits per heavy atom. The molecule has 128 valence electrons. The first-order chi connectivity index (χ1) is 11.2. The monoisotopic (exact) mass is 323 g/mol. The van der Waals surface area contributed by atoms with Gasteiger partial charge in [-0.25, -0.2) is 9.59 Å². The second-order valence-corrected chi connectivity index (χ2v) is 5.15. The molecule has 23 heavy (non-hydrogen) atoms. The maximum atomic E-state index is 12.0. The molecule has 1 aromatic carbocycles. The van der Waals surface area contributed by atoms with E-state index in [1.807, 2.05) is 37.3 Å². The minimum absolute atomic E-state index is 0.0561. The first kappa shape index (κ1) is 19.0. The van der Waals surface area contributed by atoms with Crippen LogP contribution in [0.4, 0.5) is 4.79 Å². The van der Waals surface area contributed by atoms with Crippen molar-refractivity contribution in [2.75, 3.05) is 13.2 Å². The van der Waals surface area contributed by atoms with Gasteiger partial charge in [-0.1, -0.05) is 43.7 Å². The number of alkyl carbamates (subject to hydrolysis) is 1. The van der Waals surface area contributed by atoms with E-state index in [4.69, 9.17) is 14.6 Å². The van der Waals surface area contributed by atoms with Crippen molar-refractivity contribution in [1.29, 1.82) is 0 Å². The molecule has 1 atom stereocenters. The van der Waals surface area contributed by atoms with Crippen molar-refractivity contribution in [3.63, 3.8) is 0 Å². The van der Waals surface area contributed by atoms with Gasteiger partial charge in [-0.2, -0.15) is 0 Å². The molecule has 0 aliphatic carbocycles. The molecule has 0 radical (unpaired) electrons. The van der Waals surface area contributed by atoms with Gasteiger partial charge in [-0.15, -0.1) is 0 Å². The number of ether oxygens (including phenoxy) is 2. The number of carbonyl (C=O) groups excluding carboxylic acids is 2. The van der Waals surface area contributed by atoms with E-state index >= 15 is 0 Å². The molecule has 0 saturated heterocycles. The lowest BCUT2D eigenvalue weighted by Crippen LogP contribution is -2.42. The predicted octanol–water partition coefficient (Wildman–Crippen LogP) is 2.40. The number of nitrogens with one attached hydrogen (secondary N) is 1. The Morgan fingerprint density at radius 1 is 1.17 bits per heavy atom. The zero-order valence-corrected chi connectivity index (χ0v) is 13.5. The number of aliphatic hydroxyl groups is 1. The van der Waals surface area contributed by atoms with E-state index in [9.17, 15) is 9.59 Å². The smallest absolute Gasteiger partial charge is 0.408 e. The SMILES string of the molecule is CCCCOC(=O)[C@H](CCCO)NC(=O)OCc1ccccc1. The maximum Gasteiger partial charge on any atom is 0.408 e. The summed E-state index contributed by atoms with van der Waals surface area (Å²) in [5, 5.41) is 11.4. The van der Waals surface area contributed by atoms with Crippen LogP contribution in [0.1, 0.15) is 38.2 Å². The van der Waals surface area contributed by atoms with E-state index in [2.05, 4.69) is 5.32 Å². The van der Waals surface area contributed by atoms with E-state index in [0.29, 0.717) is 19.4 Å². The molecule has 1 rings (SSSR count).